The van der Waals surface area contributed by atoms with Gasteiger partial charge >= 0.3 is 0 Å². The van der Waals surface area contributed by atoms with Gasteiger partial charge in [0.25, 0.3) is 0 Å². The summed E-state index contributed by atoms with van der Waals surface area (Å²) in [5.41, 5.74) is 7.97. The third-order valence-corrected chi connectivity index (χ3v) is 3.09. The Morgan fingerprint density at radius 1 is 1.31 bits per heavy atom. The lowest BCUT2D eigenvalue weighted by Crippen LogP contribution is -2.05. The number of para-hydroxylation sites is 1. The van der Waals surface area contributed by atoms with E-state index < -0.39 is 0 Å². The van der Waals surface area contributed by atoms with Crippen LogP contribution in [0.5, 0.6) is 0 Å². The van der Waals surface area contributed by atoms with Crippen LogP contribution in [0.3, 0.4) is 0 Å². The van der Waals surface area contributed by atoms with Gasteiger partial charge in [0.05, 0.1) is 6.54 Å². The SMILES string of the molecule is Nc1ccccc1Cn1ccnc1C1CC1. The van der Waals surface area contributed by atoms with Crippen molar-refractivity contribution < 1.29 is 0 Å². The van der Waals surface area contributed by atoms with Crippen LogP contribution >= 0.6 is 0 Å². The lowest BCUT2D eigenvalue weighted by Gasteiger charge is -2.09. The van der Waals surface area contributed by atoms with E-state index in [1.807, 2.05) is 30.6 Å². The summed E-state index contributed by atoms with van der Waals surface area (Å²) in [6.45, 7) is 0.832. The summed E-state index contributed by atoms with van der Waals surface area (Å²) in [5, 5.41) is 0. The van der Waals surface area contributed by atoms with E-state index in [1.54, 1.807) is 0 Å². The number of rotatable bonds is 3. The summed E-state index contributed by atoms with van der Waals surface area (Å²) in [4.78, 5) is 4.43. The number of imidazole rings is 1. The molecule has 1 fully saturated rings. The first-order valence-electron chi connectivity index (χ1n) is 5.69. The first-order chi connectivity index (χ1) is 7.84. The lowest BCUT2D eigenvalue weighted by molar-refractivity contribution is 0.728. The Morgan fingerprint density at radius 3 is 2.88 bits per heavy atom. The highest BCUT2D eigenvalue weighted by Crippen LogP contribution is 2.39. The van der Waals surface area contributed by atoms with Gasteiger partial charge in [-0.2, -0.15) is 0 Å². The molecule has 0 unspecified atom stereocenters. The molecule has 3 rings (SSSR count). The van der Waals surface area contributed by atoms with Gasteiger partial charge in [-0.3, -0.25) is 0 Å². The fourth-order valence-corrected chi connectivity index (χ4v) is 2.02. The van der Waals surface area contributed by atoms with Gasteiger partial charge in [-0.15, -0.1) is 0 Å². The largest absolute Gasteiger partial charge is 0.398 e. The molecule has 0 aliphatic heterocycles. The molecule has 0 atom stereocenters. The average molecular weight is 213 g/mol. The van der Waals surface area contributed by atoms with Crippen molar-refractivity contribution in [1.29, 1.82) is 0 Å². The number of hydrogen-bond donors (Lipinski definition) is 1. The van der Waals surface area contributed by atoms with E-state index in [0.717, 1.165) is 12.2 Å². The first kappa shape index (κ1) is 9.46. The van der Waals surface area contributed by atoms with E-state index in [2.05, 4.69) is 15.6 Å². The number of nitrogens with zero attached hydrogens (tertiary/aromatic N) is 2. The van der Waals surface area contributed by atoms with Crippen molar-refractivity contribution in [1.82, 2.24) is 9.55 Å². The Bertz CT molecular complexity index is 497. The predicted octanol–water partition coefficient (Wildman–Crippen LogP) is 2.39. The number of nitrogen functional groups attached to an aromatic ring is 1. The molecule has 82 valence electrons. The van der Waals surface area contributed by atoms with E-state index in [9.17, 15) is 0 Å². The van der Waals surface area contributed by atoms with E-state index in [-0.39, 0.29) is 0 Å². The van der Waals surface area contributed by atoms with Crippen molar-refractivity contribution in [3.8, 4) is 0 Å². The van der Waals surface area contributed by atoms with Crippen molar-refractivity contribution in [3.05, 3.63) is 48.0 Å². The minimum absolute atomic E-state index is 0.680. The van der Waals surface area contributed by atoms with E-state index >= 15 is 0 Å². The van der Waals surface area contributed by atoms with Crippen molar-refractivity contribution in [2.24, 2.45) is 0 Å². The predicted molar refractivity (Wildman–Crippen MR) is 64.2 cm³/mol. The Kier molecular flexibility index (Phi) is 2.17. The van der Waals surface area contributed by atoms with Crippen LogP contribution in [0.1, 0.15) is 30.1 Å². The van der Waals surface area contributed by atoms with Crippen LogP contribution in [-0.2, 0) is 6.54 Å². The van der Waals surface area contributed by atoms with Crippen LogP contribution in [0.4, 0.5) is 5.69 Å². The fraction of sp³-hybridized carbons (Fsp3) is 0.308. The van der Waals surface area contributed by atoms with Crippen LogP contribution in [0.15, 0.2) is 36.7 Å². The summed E-state index contributed by atoms with van der Waals surface area (Å²) < 4.78 is 2.21. The molecule has 1 saturated carbocycles. The molecule has 2 N–H and O–H groups in total. The summed E-state index contributed by atoms with van der Waals surface area (Å²) in [5.74, 6) is 1.89. The molecule has 0 spiro atoms. The number of nitrogens with two attached hydrogens (primary N) is 1. The molecule has 16 heavy (non-hydrogen) atoms. The summed E-state index contributed by atoms with van der Waals surface area (Å²) >= 11 is 0. The van der Waals surface area contributed by atoms with Crippen molar-refractivity contribution in [2.75, 3.05) is 5.73 Å². The monoisotopic (exact) mass is 213 g/mol. The summed E-state index contributed by atoms with van der Waals surface area (Å²) in [6, 6.07) is 8.02. The summed E-state index contributed by atoms with van der Waals surface area (Å²) in [6.07, 6.45) is 6.48. The highest BCUT2D eigenvalue weighted by Gasteiger charge is 2.27. The third-order valence-electron chi connectivity index (χ3n) is 3.09. The van der Waals surface area contributed by atoms with Crippen LogP contribution in [0.2, 0.25) is 0 Å². The molecule has 3 heteroatoms. The molecular formula is C13H15N3. The number of anilines is 1. The second-order valence-corrected chi connectivity index (χ2v) is 4.39. The minimum Gasteiger partial charge on any atom is -0.398 e. The normalized spacial score (nSPS) is 15.2. The zero-order valence-corrected chi connectivity index (χ0v) is 9.13. The fourth-order valence-electron chi connectivity index (χ4n) is 2.02. The first-order valence-corrected chi connectivity index (χ1v) is 5.69. The van der Waals surface area contributed by atoms with Crippen LogP contribution < -0.4 is 5.73 Å². The van der Waals surface area contributed by atoms with Crippen molar-refractivity contribution in [3.63, 3.8) is 0 Å². The molecule has 2 aromatic rings. The van der Waals surface area contributed by atoms with Gasteiger partial charge in [-0.05, 0) is 24.5 Å². The average Bonchev–Trinajstić information content (AvgIpc) is 3.03. The summed E-state index contributed by atoms with van der Waals surface area (Å²) in [7, 11) is 0. The van der Waals surface area contributed by atoms with Crippen molar-refractivity contribution in [2.45, 2.75) is 25.3 Å². The zero-order valence-electron chi connectivity index (χ0n) is 9.13. The van der Waals surface area contributed by atoms with Gasteiger partial charge in [0.15, 0.2) is 0 Å². The Morgan fingerprint density at radius 2 is 2.12 bits per heavy atom. The van der Waals surface area contributed by atoms with Crippen LogP contribution in [0.25, 0.3) is 0 Å². The third kappa shape index (κ3) is 1.69. The molecular weight excluding hydrogens is 198 g/mol. The van der Waals surface area contributed by atoms with Gasteiger partial charge in [-0.1, -0.05) is 18.2 Å². The van der Waals surface area contributed by atoms with E-state index in [1.165, 1.54) is 24.2 Å². The molecule has 3 nitrogen and oxygen atoms in total. The maximum Gasteiger partial charge on any atom is 0.112 e. The van der Waals surface area contributed by atoms with Crippen molar-refractivity contribution >= 4 is 5.69 Å². The smallest absolute Gasteiger partial charge is 0.112 e. The molecule has 1 aromatic carbocycles. The second kappa shape index (κ2) is 3.67. The number of aromatic nitrogens is 2. The van der Waals surface area contributed by atoms with Crippen LogP contribution in [0, 0.1) is 0 Å². The maximum absolute atomic E-state index is 5.95. The zero-order chi connectivity index (χ0) is 11.0. The molecule has 1 aliphatic carbocycles. The number of benzene rings is 1. The van der Waals surface area contributed by atoms with Gasteiger partial charge in [0.1, 0.15) is 5.82 Å². The van der Waals surface area contributed by atoms with Gasteiger partial charge in [-0.25, -0.2) is 4.98 Å². The van der Waals surface area contributed by atoms with E-state index in [0.29, 0.717) is 5.92 Å². The Balaban J connectivity index is 1.88. The standard InChI is InChI=1S/C13H15N3/c14-12-4-2-1-3-11(12)9-16-8-7-15-13(16)10-5-6-10/h1-4,7-8,10H,5-6,9,14H2. The molecule has 0 amide bonds. The topological polar surface area (TPSA) is 43.8 Å². The minimum atomic E-state index is 0.680. The van der Waals surface area contributed by atoms with Crippen LogP contribution in [-0.4, -0.2) is 9.55 Å². The second-order valence-electron chi connectivity index (χ2n) is 4.39. The van der Waals surface area contributed by atoms with Gasteiger partial charge in [0.2, 0.25) is 0 Å². The molecule has 1 heterocycles. The molecule has 0 bridgehead atoms. The molecule has 1 aromatic heterocycles. The molecule has 1 aliphatic rings. The van der Waals surface area contributed by atoms with Gasteiger partial charge < -0.3 is 10.3 Å². The van der Waals surface area contributed by atoms with Gasteiger partial charge in [0, 0.05) is 24.0 Å². The molecule has 0 saturated heterocycles. The molecule has 0 radical (unpaired) electrons. The highest BCUT2D eigenvalue weighted by molar-refractivity contribution is 5.46. The Labute approximate surface area is 94.9 Å². The maximum atomic E-state index is 5.95. The number of hydrogen-bond acceptors (Lipinski definition) is 2. The Hall–Kier alpha value is -1.77. The van der Waals surface area contributed by atoms with E-state index in [4.69, 9.17) is 5.73 Å². The lowest BCUT2D eigenvalue weighted by atomic mass is 10.2. The quantitative estimate of drug-likeness (QED) is 0.795. The highest BCUT2D eigenvalue weighted by atomic mass is 15.1.